The molecule has 0 aliphatic carbocycles. The van der Waals surface area contributed by atoms with E-state index in [0.717, 1.165) is 0 Å². The van der Waals surface area contributed by atoms with E-state index in [4.69, 9.17) is 15.2 Å². The number of nitrogens with two attached hydrogens (primary N) is 1. The molecule has 8 nitrogen and oxygen atoms in total. The number of hydrogen-bond donors (Lipinski definition) is 2. The second-order valence-corrected chi connectivity index (χ2v) is 6.68. The van der Waals surface area contributed by atoms with E-state index in [-0.39, 0.29) is 19.6 Å². The number of amides is 2. The number of carbonyl (C=O) groups excluding carboxylic acids is 2. The van der Waals surface area contributed by atoms with Gasteiger partial charge in [-0.1, -0.05) is 30.3 Å². The molecule has 8 heteroatoms. The van der Waals surface area contributed by atoms with Gasteiger partial charge in [-0.05, 0) is 45.7 Å². The number of carbonyl (C=O) groups is 3. The largest absolute Gasteiger partial charge is 0.480 e. The standard InChI is InChI=1S/C18H26N2O6/c1-18(2,3)26-17(24)20(14(15(21)22)10-7-11-19)16(23)25-12-13-8-5-4-6-9-13/h4-6,8-9,14H,7,10-12,19H2,1-3H3,(H,21,22)/t14-/m1/s1. The lowest BCUT2D eigenvalue weighted by Gasteiger charge is -2.29. The molecule has 0 aliphatic rings. The van der Waals surface area contributed by atoms with E-state index in [1.807, 2.05) is 6.07 Å². The third-order valence-electron chi connectivity index (χ3n) is 3.27. The van der Waals surface area contributed by atoms with Crippen LogP contribution in [0, 0.1) is 0 Å². The summed E-state index contributed by atoms with van der Waals surface area (Å²) >= 11 is 0. The lowest BCUT2D eigenvalue weighted by molar-refractivity contribution is -0.143. The van der Waals surface area contributed by atoms with E-state index >= 15 is 0 Å². The molecular weight excluding hydrogens is 340 g/mol. The maximum Gasteiger partial charge on any atom is 0.420 e. The smallest absolute Gasteiger partial charge is 0.420 e. The Morgan fingerprint density at radius 2 is 1.77 bits per heavy atom. The van der Waals surface area contributed by atoms with Crippen molar-refractivity contribution in [3.63, 3.8) is 0 Å². The average Bonchev–Trinajstić information content (AvgIpc) is 2.55. The van der Waals surface area contributed by atoms with Crippen molar-refractivity contribution >= 4 is 18.2 Å². The van der Waals surface area contributed by atoms with E-state index in [9.17, 15) is 19.5 Å². The van der Waals surface area contributed by atoms with Gasteiger partial charge in [-0.2, -0.15) is 4.90 Å². The molecule has 0 aromatic heterocycles. The first-order chi connectivity index (χ1) is 12.2. The SMILES string of the molecule is CC(C)(C)OC(=O)N(C(=O)OCc1ccccc1)[C@H](CCCN)C(=O)O. The Morgan fingerprint density at radius 1 is 1.15 bits per heavy atom. The van der Waals surface area contributed by atoms with Gasteiger partial charge < -0.3 is 20.3 Å². The van der Waals surface area contributed by atoms with Crippen LogP contribution in [0.1, 0.15) is 39.2 Å². The fraction of sp³-hybridized carbons (Fsp3) is 0.500. The van der Waals surface area contributed by atoms with Crippen LogP contribution in [0.2, 0.25) is 0 Å². The van der Waals surface area contributed by atoms with Gasteiger partial charge >= 0.3 is 18.2 Å². The zero-order valence-corrected chi connectivity index (χ0v) is 15.3. The molecule has 0 bridgehead atoms. The predicted octanol–water partition coefficient (Wildman–Crippen LogP) is 2.75. The van der Waals surface area contributed by atoms with Crippen LogP contribution in [0.4, 0.5) is 9.59 Å². The summed E-state index contributed by atoms with van der Waals surface area (Å²) in [6, 6.07) is 7.43. The Morgan fingerprint density at radius 3 is 2.27 bits per heavy atom. The Labute approximate surface area is 152 Å². The Bertz CT molecular complexity index is 612. The van der Waals surface area contributed by atoms with Crippen molar-refractivity contribution in [3.05, 3.63) is 35.9 Å². The molecule has 1 aromatic carbocycles. The fourth-order valence-corrected chi connectivity index (χ4v) is 2.10. The van der Waals surface area contributed by atoms with Crippen molar-refractivity contribution in [2.24, 2.45) is 5.73 Å². The second kappa shape index (κ2) is 9.76. The highest BCUT2D eigenvalue weighted by atomic mass is 16.6. The summed E-state index contributed by atoms with van der Waals surface area (Å²) in [5.74, 6) is -1.33. The van der Waals surface area contributed by atoms with Crippen molar-refractivity contribution in [3.8, 4) is 0 Å². The number of aliphatic carboxylic acids is 1. The van der Waals surface area contributed by atoms with Crippen LogP contribution in [0.15, 0.2) is 30.3 Å². The Hall–Kier alpha value is -2.61. The Balaban J connectivity index is 2.98. The van der Waals surface area contributed by atoms with Crippen LogP contribution in [0.5, 0.6) is 0 Å². The van der Waals surface area contributed by atoms with Crippen LogP contribution < -0.4 is 5.73 Å². The predicted molar refractivity (Wildman–Crippen MR) is 94.4 cm³/mol. The molecule has 1 atom stereocenters. The quantitative estimate of drug-likeness (QED) is 0.761. The summed E-state index contributed by atoms with van der Waals surface area (Å²) in [4.78, 5) is 37.0. The van der Waals surface area contributed by atoms with E-state index in [2.05, 4.69) is 0 Å². The van der Waals surface area contributed by atoms with Gasteiger partial charge in [0.1, 0.15) is 18.2 Å². The highest BCUT2D eigenvalue weighted by molar-refractivity contribution is 5.93. The highest BCUT2D eigenvalue weighted by Crippen LogP contribution is 2.17. The van der Waals surface area contributed by atoms with Crippen molar-refractivity contribution in [2.75, 3.05) is 6.54 Å². The second-order valence-electron chi connectivity index (χ2n) is 6.68. The topological polar surface area (TPSA) is 119 Å². The first kappa shape index (κ1) is 21.4. The number of carboxylic acid groups (broad SMARTS) is 1. The lowest BCUT2D eigenvalue weighted by atomic mass is 10.1. The molecule has 144 valence electrons. The van der Waals surface area contributed by atoms with Crippen LogP contribution in [0.25, 0.3) is 0 Å². The number of hydrogen-bond acceptors (Lipinski definition) is 6. The zero-order valence-electron chi connectivity index (χ0n) is 15.3. The molecule has 0 aliphatic heterocycles. The molecule has 2 amide bonds. The van der Waals surface area contributed by atoms with Gasteiger partial charge in [0, 0.05) is 0 Å². The summed E-state index contributed by atoms with van der Waals surface area (Å²) in [5, 5.41) is 9.45. The lowest BCUT2D eigenvalue weighted by Crippen LogP contribution is -2.50. The van der Waals surface area contributed by atoms with Crippen LogP contribution >= 0.6 is 0 Å². The maximum atomic E-state index is 12.5. The van der Waals surface area contributed by atoms with Crippen molar-refractivity contribution in [2.45, 2.75) is 51.9 Å². The van der Waals surface area contributed by atoms with Gasteiger partial charge in [-0.3, -0.25) is 0 Å². The summed E-state index contributed by atoms with van der Waals surface area (Å²) in [6.45, 7) is 4.99. The van der Waals surface area contributed by atoms with Crippen LogP contribution in [-0.4, -0.2) is 46.3 Å². The monoisotopic (exact) mass is 366 g/mol. The van der Waals surface area contributed by atoms with Crippen molar-refractivity contribution in [1.29, 1.82) is 0 Å². The molecule has 0 heterocycles. The van der Waals surface area contributed by atoms with Gasteiger partial charge in [0.15, 0.2) is 0 Å². The number of nitrogens with zero attached hydrogens (tertiary/aromatic N) is 1. The fourth-order valence-electron chi connectivity index (χ4n) is 2.10. The summed E-state index contributed by atoms with van der Waals surface area (Å²) < 4.78 is 10.3. The minimum absolute atomic E-state index is 0.00547. The van der Waals surface area contributed by atoms with Gasteiger partial charge in [-0.25, -0.2) is 14.4 Å². The van der Waals surface area contributed by atoms with Gasteiger partial charge in [-0.15, -0.1) is 0 Å². The number of benzene rings is 1. The molecule has 0 saturated heterocycles. The molecule has 1 rings (SSSR count). The molecule has 26 heavy (non-hydrogen) atoms. The molecular formula is C18H26N2O6. The average molecular weight is 366 g/mol. The third-order valence-corrected chi connectivity index (χ3v) is 3.27. The highest BCUT2D eigenvalue weighted by Gasteiger charge is 2.38. The van der Waals surface area contributed by atoms with Gasteiger partial charge in [0.25, 0.3) is 0 Å². The minimum Gasteiger partial charge on any atom is -0.480 e. The summed E-state index contributed by atoms with van der Waals surface area (Å²) in [7, 11) is 0. The zero-order chi connectivity index (χ0) is 19.7. The minimum atomic E-state index is -1.42. The van der Waals surface area contributed by atoms with Gasteiger partial charge in [0.2, 0.25) is 0 Å². The molecule has 0 spiro atoms. The molecule has 0 unspecified atom stereocenters. The first-order valence-electron chi connectivity index (χ1n) is 8.31. The molecule has 0 fully saturated rings. The molecule has 3 N–H and O–H groups in total. The van der Waals surface area contributed by atoms with Crippen LogP contribution in [0.3, 0.4) is 0 Å². The van der Waals surface area contributed by atoms with E-state index in [0.29, 0.717) is 16.9 Å². The molecule has 0 radical (unpaired) electrons. The van der Waals surface area contributed by atoms with Gasteiger partial charge in [0.05, 0.1) is 0 Å². The summed E-state index contributed by atoms with van der Waals surface area (Å²) in [5.41, 5.74) is 5.23. The van der Waals surface area contributed by atoms with E-state index in [1.54, 1.807) is 45.0 Å². The van der Waals surface area contributed by atoms with Crippen molar-refractivity contribution in [1.82, 2.24) is 4.90 Å². The number of carboxylic acids is 1. The third kappa shape index (κ3) is 7.10. The molecule has 1 aromatic rings. The normalized spacial score (nSPS) is 12.2. The van der Waals surface area contributed by atoms with E-state index < -0.39 is 29.8 Å². The van der Waals surface area contributed by atoms with Crippen LogP contribution in [-0.2, 0) is 20.9 Å². The Kier molecular flexibility index (Phi) is 8.05. The molecule has 0 saturated carbocycles. The number of rotatable bonds is 7. The number of ether oxygens (including phenoxy) is 2. The number of imide groups is 1. The maximum absolute atomic E-state index is 12.5. The summed E-state index contributed by atoms with van der Waals surface area (Å²) in [6.07, 6.45) is -1.82. The van der Waals surface area contributed by atoms with Crippen molar-refractivity contribution < 1.29 is 29.0 Å². The van der Waals surface area contributed by atoms with E-state index in [1.165, 1.54) is 0 Å². The first-order valence-corrected chi connectivity index (χ1v) is 8.31.